The zero-order valence-electron chi connectivity index (χ0n) is 7.97. The molecular formula is C11H13Cl2N. The summed E-state index contributed by atoms with van der Waals surface area (Å²) in [5.41, 5.74) is 2.23. The zero-order valence-corrected chi connectivity index (χ0v) is 9.48. The fourth-order valence-electron chi connectivity index (χ4n) is 1.85. The Morgan fingerprint density at radius 1 is 1.21 bits per heavy atom. The molecule has 1 aliphatic heterocycles. The van der Waals surface area contributed by atoms with Gasteiger partial charge >= 0.3 is 0 Å². The summed E-state index contributed by atoms with van der Waals surface area (Å²) in [6.07, 6.45) is 2.54. The van der Waals surface area contributed by atoms with E-state index >= 15 is 0 Å². The average molecular weight is 230 g/mol. The third-order valence-electron chi connectivity index (χ3n) is 2.61. The van der Waals surface area contributed by atoms with Crippen molar-refractivity contribution in [3.8, 4) is 0 Å². The van der Waals surface area contributed by atoms with E-state index in [1.54, 1.807) is 0 Å². The van der Waals surface area contributed by atoms with E-state index in [-0.39, 0.29) is 0 Å². The highest BCUT2D eigenvalue weighted by Gasteiger charge is 2.14. The Labute approximate surface area is 94.6 Å². The molecule has 3 heteroatoms. The van der Waals surface area contributed by atoms with E-state index in [0.29, 0.717) is 5.88 Å². The normalized spacial score (nSPS) is 16.3. The van der Waals surface area contributed by atoms with Crippen LogP contribution in [0.5, 0.6) is 0 Å². The van der Waals surface area contributed by atoms with Crippen LogP contribution in [0.25, 0.3) is 0 Å². The molecule has 1 aromatic rings. The van der Waals surface area contributed by atoms with E-state index in [2.05, 4.69) is 11.0 Å². The van der Waals surface area contributed by atoms with Crippen LogP contribution in [0.4, 0.5) is 5.69 Å². The SMILES string of the molecule is ClCc1ccc(N2CCCC2)c(Cl)c1. The van der Waals surface area contributed by atoms with E-state index in [1.165, 1.54) is 12.8 Å². The van der Waals surface area contributed by atoms with Gasteiger partial charge in [-0.2, -0.15) is 0 Å². The van der Waals surface area contributed by atoms with E-state index < -0.39 is 0 Å². The van der Waals surface area contributed by atoms with Gasteiger partial charge in [-0.1, -0.05) is 17.7 Å². The largest absolute Gasteiger partial charge is 0.370 e. The summed E-state index contributed by atoms with van der Waals surface area (Å²) in [5.74, 6) is 0.528. The molecule has 1 aromatic carbocycles. The molecule has 1 aliphatic rings. The lowest BCUT2D eigenvalue weighted by molar-refractivity contribution is 0.949. The third kappa shape index (κ3) is 1.99. The molecular weight excluding hydrogens is 217 g/mol. The molecule has 1 heterocycles. The Bertz CT molecular complexity index is 319. The van der Waals surface area contributed by atoms with Crippen molar-refractivity contribution in [1.82, 2.24) is 0 Å². The second-order valence-corrected chi connectivity index (χ2v) is 4.29. The molecule has 1 saturated heterocycles. The Balaban J connectivity index is 2.25. The fraction of sp³-hybridized carbons (Fsp3) is 0.455. The van der Waals surface area contributed by atoms with Gasteiger partial charge in [-0.3, -0.25) is 0 Å². The van der Waals surface area contributed by atoms with Gasteiger partial charge in [-0.05, 0) is 30.5 Å². The highest BCUT2D eigenvalue weighted by molar-refractivity contribution is 6.33. The summed E-state index contributed by atoms with van der Waals surface area (Å²) in [6, 6.07) is 6.08. The number of anilines is 1. The number of alkyl halides is 1. The van der Waals surface area contributed by atoms with Crippen LogP contribution in [0, 0.1) is 0 Å². The molecule has 0 bridgehead atoms. The van der Waals surface area contributed by atoms with E-state index in [0.717, 1.165) is 29.4 Å². The number of halogens is 2. The second-order valence-electron chi connectivity index (χ2n) is 3.61. The average Bonchev–Trinajstić information content (AvgIpc) is 2.70. The maximum atomic E-state index is 6.19. The fourth-order valence-corrected chi connectivity index (χ4v) is 2.34. The van der Waals surface area contributed by atoms with Gasteiger partial charge in [-0.15, -0.1) is 11.6 Å². The van der Waals surface area contributed by atoms with Gasteiger partial charge in [-0.25, -0.2) is 0 Å². The first-order chi connectivity index (χ1) is 6.81. The molecule has 0 unspecified atom stereocenters. The maximum absolute atomic E-state index is 6.19. The van der Waals surface area contributed by atoms with Crippen molar-refractivity contribution in [2.75, 3.05) is 18.0 Å². The molecule has 14 heavy (non-hydrogen) atoms. The highest BCUT2D eigenvalue weighted by Crippen LogP contribution is 2.29. The lowest BCUT2D eigenvalue weighted by atomic mass is 10.2. The molecule has 0 spiro atoms. The summed E-state index contributed by atoms with van der Waals surface area (Å²) in [6.45, 7) is 2.25. The van der Waals surface area contributed by atoms with Crippen LogP contribution >= 0.6 is 23.2 Å². The summed E-state index contributed by atoms with van der Waals surface area (Å²) in [4.78, 5) is 2.33. The molecule has 0 aliphatic carbocycles. The van der Waals surface area contributed by atoms with Crippen LogP contribution in [0.3, 0.4) is 0 Å². The van der Waals surface area contributed by atoms with Crippen LogP contribution in [0.2, 0.25) is 5.02 Å². The number of hydrogen-bond donors (Lipinski definition) is 0. The van der Waals surface area contributed by atoms with Crippen LogP contribution < -0.4 is 4.90 Å². The minimum Gasteiger partial charge on any atom is -0.370 e. The molecule has 0 aromatic heterocycles. The van der Waals surface area contributed by atoms with Crippen molar-refractivity contribution in [3.05, 3.63) is 28.8 Å². The first kappa shape index (κ1) is 10.1. The first-order valence-corrected chi connectivity index (χ1v) is 5.82. The minimum absolute atomic E-state index is 0.528. The summed E-state index contributed by atoms with van der Waals surface area (Å²) in [5, 5.41) is 0.824. The first-order valence-electron chi connectivity index (χ1n) is 4.90. The van der Waals surface area contributed by atoms with Crippen molar-refractivity contribution in [2.45, 2.75) is 18.7 Å². The lowest BCUT2D eigenvalue weighted by Crippen LogP contribution is -2.17. The standard InChI is InChI=1S/C11H13Cl2N/c12-8-9-3-4-11(10(13)7-9)14-5-1-2-6-14/h3-4,7H,1-2,5-6,8H2. The van der Waals surface area contributed by atoms with Gasteiger partial charge in [0.05, 0.1) is 10.7 Å². The highest BCUT2D eigenvalue weighted by atomic mass is 35.5. The van der Waals surface area contributed by atoms with E-state index in [1.807, 2.05) is 12.1 Å². The van der Waals surface area contributed by atoms with Gasteiger partial charge in [0.2, 0.25) is 0 Å². The lowest BCUT2D eigenvalue weighted by Gasteiger charge is -2.19. The predicted octanol–water partition coefficient (Wildman–Crippen LogP) is 3.68. The number of nitrogens with zero attached hydrogens (tertiary/aromatic N) is 1. The quantitative estimate of drug-likeness (QED) is 0.700. The number of hydrogen-bond acceptors (Lipinski definition) is 1. The van der Waals surface area contributed by atoms with Crippen molar-refractivity contribution in [3.63, 3.8) is 0 Å². The summed E-state index contributed by atoms with van der Waals surface area (Å²) < 4.78 is 0. The summed E-state index contributed by atoms with van der Waals surface area (Å²) >= 11 is 11.9. The summed E-state index contributed by atoms with van der Waals surface area (Å²) in [7, 11) is 0. The third-order valence-corrected chi connectivity index (χ3v) is 3.22. The van der Waals surface area contributed by atoms with Crippen LogP contribution in [-0.4, -0.2) is 13.1 Å². The topological polar surface area (TPSA) is 3.24 Å². The van der Waals surface area contributed by atoms with Gasteiger partial charge < -0.3 is 4.90 Å². The molecule has 0 amide bonds. The van der Waals surface area contributed by atoms with Gasteiger partial charge in [0.1, 0.15) is 0 Å². The van der Waals surface area contributed by atoms with Crippen molar-refractivity contribution < 1.29 is 0 Å². The Kier molecular flexibility index (Phi) is 3.19. The Hall–Kier alpha value is -0.400. The van der Waals surface area contributed by atoms with Crippen LogP contribution in [0.15, 0.2) is 18.2 Å². The van der Waals surface area contributed by atoms with Gasteiger partial charge in [0.15, 0.2) is 0 Å². The molecule has 0 saturated carbocycles. The predicted molar refractivity (Wildman–Crippen MR) is 62.5 cm³/mol. The smallest absolute Gasteiger partial charge is 0.0642 e. The number of benzene rings is 1. The van der Waals surface area contributed by atoms with Crippen molar-refractivity contribution in [1.29, 1.82) is 0 Å². The molecule has 0 atom stereocenters. The Morgan fingerprint density at radius 3 is 2.50 bits per heavy atom. The zero-order chi connectivity index (χ0) is 9.97. The molecule has 0 radical (unpaired) electrons. The Morgan fingerprint density at radius 2 is 1.93 bits per heavy atom. The molecule has 1 fully saturated rings. The van der Waals surface area contributed by atoms with E-state index in [4.69, 9.17) is 23.2 Å². The molecule has 1 nitrogen and oxygen atoms in total. The molecule has 0 N–H and O–H groups in total. The number of rotatable bonds is 2. The van der Waals surface area contributed by atoms with Gasteiger partial charge in [0, 0.05) is 19.0 Å². The maximum Gasteiger partial charge on any atom is 0.0642 e. The van der Waals surface area contributed by atoms with Crippen LogP contribution in [-0.2, 0) is 5.88 Å². The van der Waals surface area contributed by atoms with Crippen molar-refractivity contribution >= 4 is 28.9 Å². The van der Waals surface area contributed by atoms with Crippen LogP contribution in [0.1, 0.15) is 18.4 Å². The monoisotopic (exact) mass is 229 g/mol. The van der Waals surface area contributed by atoms with E-state index in [9.17, 15) is 0 Å². The molecule has 76 valence electrons. The molecule has 2 rings (SSSR count). The van der Waals surface area contributed by atoms with Crippen molar-refractivity contribution in [2.24, 2.45) is 0 Å². The van der Waals surface area contributed by atoms with Gasteiger partial charge in [0.25, 0.3) is 0 Å². The minimum atomic E-state index is 0.528. The second kappa shape index (κ2) is 4.41.